The SMILES string of the molecule is CC1CC(C(=O)O)CCN1c1ccc(F)cc1[N+](=O)[O-]. The number of aliphatic carboxylic acids is 1. The number of nitro benzene ring substituents is 1. The zero-order chi connectivity index (χ0) is 14.9. The predicted molar refractivity (Wildman–Crippen MR) is 70.2 cm³/mol. The van der Waals surface area contributed by atoms with Crippen molar-refractivity contribution in [2.24, 2.45) is 5.92 Å². The van der Waals surface area contributed by atoms with Crippen LogP contribution in [0.4, 0.5) is 15.8 Å². The van der Waals surface area contributed by atoms with E-state index < -0.39 is 22.6 Å². The van der Waals surface area contributed by atoms with Crippen LogP contribution in [0.5, 0.6) is 0 Å². The fourth-order valence-electron chi connectivity index (χ4n) is 2.64. The van der Waals surface area contributed by atoms with Gasteiger partial charge in [0.15, 0.2) is 0 Å². The zero-order valence-electron chi connectivity index (χ0n) is 11.0. The molecule has 0 radical (unpaired) electrons. The maximum atomic E-state index is 13.1. The molecule has 2 atom stereocenters. The molecule has 0 amide bonds. The van der Waals surface area contributed by atoms with Crippen molar-refractivity contribution in [3.8, 4) is 0 Å². The molecule has 0 aliphatic carbocycles. The third-order valence-corrected chi connectivity index (χ3v) is 3.67. The van der Waals surface area contributed by atoms with Gasteiger partial charge >= 0.3 is 5.97 Å². The molecule has 6 nitrogen and oxygen atoms in total. The Kier molecular flexibility index (Phi) is 3.87. The van der Waals surface area contributed by atoms with E-state index in [4.69, 9.17) is 5.11 Å². The highest BCUT2D eigenvalue weighted by atomic mass is 19.1. The van der Waals surface area contributed by atoms with E-state index in [0.717, 1.165) is 6.07 Å². The number of carboxylic acid groups (broad SMARTS) is 1. The fraction of sp³-hybridized carbons (Fsp3) is 0.462. The first kappa shape index (κ1) is 14.2. The monoisotopic (exact) mass is 282 g/mol. The topological polar surface area (TPSA) is 83.7 Å². The van der Waals surface area contributed by atoms with Crippen LogP contribution >= 0.6 is 0 Å². The molecule has 2 rings (SSSR count). The van der Waals surface area contributed by atoms with Crippen molar-refractivity contribution >= 4 is 17.3 Å². The number of piperidine rings is 1. The second kappa shape index (κ2) is 5.44. The molecule has 1 aromatic rings. The highest BCUT2D eigenvalue weighted by molar-refractivity contribution is 5.71. The molecular formula is C13H15FN2O4. The van der Waals surface area contributed by atoms with Gasteiger partial charge in [0.05, 0.1) is 16.9 Å². The highest BCUT2D eigenvalue weighted by Crippen LogP contribution is 2.34. The summed E-state index contributed by atoms with van der Waals surface area (Å²) >= 11 is 0. The Labute approximate surface area is 115 Å². The zero-order valence-corrected chi connectivity index (χ0v) is 11.0. The van der Waals surface area contributed by atoms with Gasteiger partial charge < -0.3 is 10.0 Å². The summed E-state index contributed by atoms with van der Waals surface area (Å²) in [6.07, 6.45) is 0.845. The van der Waals surface area contributed by atoms with E-state index in [2.05, 4.69) is 0 Å². The highest BCUT2D eigenvalue weighted by Gasteiger charge is 2.32. The van der Waals surface area contributed by atoms with Gasteiger partial charge in [0.2, 0.25) is 0 Å². The molecule has 1 heterocycles. The Morgan fingerprint density at radius 2 is 2.25 bits per heavy atom. The van der Waals surface area contributed by atoms with Crippen molar-refractivity contribution < 1.29 is 19.2 Å². The van der Waals surface area contributed by atoms with Gasteiger partial charge in [-0.25, -0.2) is 4.39 Å². The fourth-order valence-corrected chi connectivity index (χ4v) is 2.64. The molecule has 0 aromatic heterocycles. The van der Waals surface area contributed by atoms with Crippen molar-refractivity contribution in [3.05, 3.63) is 34.1 Å². The van der Waals surface area contributed by atoms with Crippen molar-refractivity contribution in [2.75, 3.05) is 11.4 Å². The number of hydrogen-bond acceptors (Lipinski definition) is 4. The molecule has 1 aliphatic heterocycles. The van der Waals surface area contributed by atoms with Gasteiger partial charge in [-0.2, -0.15) is 0 Å². The predicted octanol–water partition coefficient (Wildman–Crippen LogP) is 2.42. The van der Waals surface area contributed by atoms with Crippen LogP contribution in [-0.2, 0) is 4.79 Å². The number of halogens is 1. The number of carbonyl (C=O) groups is 1. The Balaban J connectivity index is 2.29. The number of hydrogen-bond donors (Lipinski definition) is 1. The van der Waals surface area contributed by atoms with Crippen molar-refractivity contribution in [1.82, 2.24) is 0 Å². The van der Waals surface area contributed by atoms with Gasteiger partial charge in [-0.15, -0.1) is 0 Å². The minimum atomic E-state index is -0.842. The van der Waals surface area contributed by atoms with E-state index in [9.17, 15) is 19.3 Å². The van der Waals surface area contributed by atoms with Gasteiger partial charge in [-0.1, -0.05) is 0 Å². The average molecular weight is 282 g/mol. The number of carboxylic acids is 1. The summed E-state index contributed by atoms with van der Waals surface area (Å²) in [6.45, 7) is 2.23. The minimum absolute atomic E-state index is 0.144. The van der Waals surface area contributed by atoms with Gasteiger partial charge in [-0.3, -0.25) is 14.9 Å². The second-order valence-electron chi connectivity index (χ2n) is 4.99. The Morgan fingerprint density at radius 3 is 2.80 bits per heavy atom. The smallest absolute Gasteiger partial charge is 0.306 e. The Morgan fingerprint density at radius 1 is 1.55 bits per heavy atom. The van der Waals surface area contributed by atoms with Gasteiger partial charge in [0.1, 0.15) is 11.5 Å². The lowest BCUT2D eigenvalue weighted by Crippen LogP contribution is -2.43. The van der Waals surface area contributed by atoms with Crippen LogP contribution in [0.2, 0.25) is 0 Å². The quantitative estimate of drug-likeness (QED) is 0.680. The summed E-state index contributed by atoms with van der Waals surface area (Å²) in [7, 11) is 0. The Bertz CT molecular complexity index is 549. The minimum Gasteiger partial charge on any atom is -0.481 e. The normalized spacial score (nSPS) is 22.6. The number of rotatable bonds is 3. The van der Waals surface area contributed by atoms with E-state index in [1.165, 1.54) is 12.1 Å². The van der Waals surface area contributed by atoms with E-state index in [0.29, 0.717) is 25.1 Å². The molecule has 1 saturated heterocycles. The molecule has 1 aromatic carbocycles. The molecule has 1 fully saturated rings. The molecule has 0 bridgehead atoms. The molecule has 1 N–H and O–H groups in total. The van der Waals surface area contributed by atoms with E-state index in [-0.39, 0.29) is 11.7 Å². The molecule has 7 heteroatoms. The number of nitrogens with zero attached hydrogens (tertiary/aromatic N) is 2. The van der Waals surface area contributed by atoms with Crippen LogP contribution in [0.25, 0.3) is 0 Å². The van der Waals surface area contributed by atoms with Crippen LogP contribution in [0.15, 0.2) is 18.2 Å². The number of nitro groups is 1. The molecular weight excluding hydrogens is 267 g/mol. The van der Waals surface area contributed by atoms with Crippen LogP contribution in [0, 0.1) is 21.8 Å². The molecule has 0 spiro atoms. The summed E-state index contributed by atoms with van der Waals surface area (Å²) in [5.41, 5.74) is 0.0540. The first-order chi connectivity index (χ1) is 9.40. The van der Waals surface area contributed by atoms with Crippen LogP contribution in [0.1, 0.15) is 19.8 Å². The maximum Gasteiger partial charge on any atom is 0.306 e. The van der Waals surface area contributed by atoms with Crippen molar-refractivity contribution in [3.63, 3.8) is 0 Å². The molecule has 20 heavy (non-hydrogen) atoms. The maximum absolute atomic E-state index is 13.1. The van der Waals surface area contributed by atoms with Crippen LogP contribution in [0.3, 0.4) is 0 Å². The third-order valence-electron chi connectivity index (χ3n) is 3.67. The lowest BCUT2D eigenvalue weighted by molar-refractivity contribution is -0.384. The van der Waals surface area contributed by atoms with Gasteiger partial charge in [-0.05, 0) is 31.9 Å². The summed E-state index contributed by atoms with van der Waals surface area (Å²) in [5, 5.41) is 20.0. The van der Waals surface area contributed by atoms with Crippen molar-refractivity contribution in [1.29, 1.82) is 0 Å². The average Bonchev–Trinajstić information content (AvgIpc) is 2.38. The largest absolute Gasteiger partial charge is 0.481 e. The molecule has 1 aliphatic rings. The summed E-state index contributed by atoms with van der Waals surface area (Å²) < 4.78 is 13.1. The number of anilines is 1. The number of benzene rings is 1. The first-order valence-electron chi connectivity index (χ1n) is 6.33. The van der Waals surface area contributed by atoms with Gasteiger partial charge in [0, 0.05) is 12.6 Å². The molecule has 108 valence electrons. The van der Waals surface area contributed by atoms with Gasteiger partial charge in [0.25, 0.3) is 5.69 Å². The molecule has 2 unspecified atom stereocenters. The van der Waals surface area contributed by atoms with Crippen molar-refractivity contribution in [2.45, 2.75) is 25.8 Å². The lowest BCUT2D eigenvalue weighted by atomic mass is 9.91. The summed E-state index contributed by atoms with van der Waals surface area (Å²) in [5.74, 6) is -1.93. The first-order valence-corrected chi connectivity index (χ1v) is 6.33. The van der Waals surface area contributed by atoms with Crippen LogP contribution in [-0.4, -0.2) is 28.6 Å². The van der Waals surface area contributed by atoms with E-state index in [1.807, 2.05) is 6.92 Å². The lowest BCUT2D eigenvalue weighted by Gasteiger charge is -2.37. The Hall–Kier alpha value is -2.18. The summed E-state index contributed by atoms with van der Waals surface area (Å²) in [6, 6.07) is 3.31. The second-order valence-corrected chi connectivity index (χ2v) is 4.99. The van der Waals surface area contributed by atoms with E-state index >= 15 is 0 Å². The summed E-state index contributed by atoms with van der Waals surface area (Å²) in [4.78, 5) is 23.2. The standard InChI is InChI=1S/C13H15FN2O4/c1-8-6-9(13(17)18)4-5-15(8)11-3-2-10(14)7-12(11)16(19)20/h2-3,7-9H,4-6H2,1H3,(H,17,18). The third kappa shape index (κ3) is 2.71. The van der Waals surface area contributed by atoms with Crippen LogP contribution < -0.4 is 4.90 Å². The van der Waals surface area contributed by atoms with E-state index in [1.54, 1.807) is 4.90 Å². The molecule has 0 saturated carbocycles.